The summed E-state index contributed by atoms with van der Waals surface area (Å²) in [6.07, 6.45) is 4.10. The van der Waals surface area contributed by atoms with Crippen molar-refractivity contribution in [2.45, 2.75) is 19.5 Å². The number of carbonyl (C=O) groups is 1. The van der Waals surface area contributed by atoms with E-state index >= 15 is 0 Å². The summed E-state index contributed by atoms with van der Waals surface area (Å²) in [5, 5.41) is 2.96. The molecule has 2 aliphatic rings. The number of imidazole rings is 1. The zero-order chi connectivity index (χ0) is 14.4. The van der Waals surface area contributed by atoms with Crippen molar-refractivity contribution in [3.8, 4) is 0 Å². The van der Waals surface area contributed by atoms with Gasteiger partial charge < -0.3 is 15.1 Å². The molecule has 0 radical (unpaired) electrons. The maximum Gasteiger partial charge on any atom is 0.273 e. The summed E-state index contributed by atoms with van der Waals surface area (Å²) < 4.78 is 1.99. The molecule has 1 aromatic heterocycles. The molecule has 20 heavy (non-hydrogen) atoms. The molecule has 7 nitrogen and oxygen atoms in total. The lowest BCUT2D eigenvalue weighted by Gasteiger charge is -2.39. The molecule has 1 atom stereocenters. The quantitative estimate of drug-likeness (QED) is 0.847. The summed E-state index contributed by atoms with van der Waals surface area (Å²) in [4.78, 5) is 24.9. The molecule has 0 aliphatic carbocycles. The van der Waals surface area contributed by atoms with Crippen LogP contribution >= 0.6 is 0 Å². The molecule has 3 heterocycles. The lowest BCUT2D eigenvalue weighted by atomic mass is 10.2. The molecule has 1 amide bonds. The molecule has 0 saturated heterocycles. The predicted molar refractivity (Wildman–Crippen MR) is 75.1 cm³/mol. The number of likely N-dealkylation sites (N-methyl/N-ethyl adjacent to an activating group) is 1. The van der Waals surface area contributed by atoms with Gasteiger partial charge in [-0.1, -0.05) is 6.92 Å². The molecule has 1 aromatic rings. The molecule has 3 rings (SSSR count). The Morgan fingerprint density at radius 2 is 2.20 bits per heavy atom. The van der Waals surface area contributed by atoms with Crippen LogP contribution in [0, 0.1) is 0 Å². The predicted octanol–water partition coefficient (Wildman–Crippen LogP) is 0.392. The number of hydrogen-bond donors (Lipinski definition) is 1. The van der Waals surface area contributed by atoms with Crippen LogP contribution in [-0.4, -0.2) is 52.7 Å². The summed E-state index contributed by atoms with van der Waals surface area (Å²) in [7, 11) is 5.78. The fourth-order valence-corrected chi connectivity index (χ4v) is 2.67. The van der Waals surface area contributed by atoms with Gasteiger partial charge in [0.1, 0.15) is 17.2 Å². The van der Waals surface area contributed by atoms with Gasteiger partial charge in [0.15, 0.2) is 12.0 Å². The summed E-state index contributed by atoms with van der Waals surface area (Å²) >= 11 is 0. The number of hydrogen-bond acceptors (Lipinski definition) is 5. The number of aromatic nitrogens is 2. The number of amides is 1. The normalized spacial score (nSPS) is 20.7. The standard InChI is InChI=1S/C13H18N6O/c1-5-9-14-6-8-12(20)16-10-11(17(2)3)15-7-18(4)13(10)19(8)9/h6-7,13H,5H2,1-4H3,(H,16,20). The molecule has 0 aromatic carbocycles. The van der Waals surface area contributed by atoms with Gasteiger partial charge in [0, 0.05) is 27.6 Å². The highest BCUT2D eigenvalue weighted by atomic mass is 16.2. The number of carbonyl (C=O) groups excluding carboxylic acids is 1. The van der Waals surface area contributed by atoms with E-state index in [1.54, 1.807) is 12.5 Å². The molecule has 7 heteroatoms. The Morgan fingerprint density at radius 1 is 1.45 bits per heavy atom. The van der Waals surface area contributed by atoms with Gasteiger partial charge in [-0.25, -0.2) is 9.98 Å². The minimum Gasteiger partial charge on any atom is -0.361 e. The Hall–Kier alpha value is -2.31. The minimum atomic E-state index is -0.131. The van der Waals surface area contributed by atoms with E-state index in [1.807, 2.05) is 42.4 Å². The van der Waals surface area contributed by atoms with Crippen molar-refractivity contribution in [3.05, 3.63) is 29.2 Å². The first kappa shape index (κ1) is 12.7. The molecule has 0 fully saturated rings. The van der Waals surface area contributed by atoms with Crippen LogP contribution < -0.4 is 5.32 Å². The lowest BCUT2D eigenvalue weighted by molar-refractivity contribution is 0.0911. The minimum absolute atomic E-state index is 0.102. The Labute approximate surface area is 117 Å². The lowest BCUT2D eigenvalue weighted by Crippen LogP contribution is -2.47. The van der Waals surface area contributed by atoms with Crippen LogP contribution in [0.1, 0.15) is 29.4 Å². The van der Waals surface area contributed by atoms with Crippen LogP contribution in [0.5, 0.6) is 0 Å². The van der Waals surface area contributed by atoms with Crippen molar-refractivity contribution < 1.29 is 4.79 Å². The zero-order valence-corrected chi connectivity index (χ0v) is 12.1. The van der Waals surface area contributed by atoms with E-state index in [0.29, 0.717) is 5.69 Å². The smallest absolute Gasteiger partial charge is 0.273 e. The van der Waals surface area contributed by atoms with Crippen molar-refractivity contribution >= 4 is 12.2 Å². The first-order valence-corrected chi connectivity index (χ1v) is 6.59. The number of aliphatic imine (C=N–C) groups is 1. The van der Waals surface area contributed by atoms with Crippen LogP contribution in [0.3, 0.4) is 0 Å². The number of rotatable bonds is 2. The van der Waals surface area contributed by atoms with E-state index in [0.717, 1.165) is 23.8 Å². The van der Waals surface area contributed by atoms with Crippen LogP contribution in [0.4, 0.5) is 0 Å². The highest BCUT2D eigenvalue weighted by molar-refractivity contribution is 5.95. The topological polar surface area (TPSA) is 65.8 Å². The average molecular weight is 274 g/mol. The molecule has 0 spiro atoms. The van der Waals surface area contributed by atoms with Crippen LogP contribution in [0.15, 0.2) is 22.7 Å². The maximum atomic E-state index is 12.2. The van der Waals surface area contributed by atoms with Gasteiger partial charge in [0.25, 0.3) is 5.91 Å². The Kier molecular flexibility index (Phi) is 2.77. The van der Waals surface area contributed by atoms with E-state index < -0.39 is 0 Å². The Balaban J connectivity index is 2.23. The summed E-state index contributed by atoms with van der Waals surface area (Å²) in [5.41, 5.74) is 1.39. The SMILES string of the molecule is CCc1ncc2n1C1C(=C(N(C)C)N=CN1C)NC2=O. The molecular weight excluding hydrogens is 256 g/mol. The number of nitrogens with zero attached hydrogens (tertiary/aromatic N) is 5. The third-order valence-electron chi connectivity index (χ3n) is 3.59. The summed E-state index contributed by atoms with van der Waals surface area (Å²) in [6.45, 7) is 2.04. The monoisotopic (exact) mass is 274 g/mol. The average Bonchev–Trinajstić information content (AvgIpc) is 2.83. The fraction of sp³-hybridized carbons (Fsp3) is 0.462. The van der Waals surface area contributed by atoms with Gasteiger partial charge in [-0.05, 0) is 0 Å². The fourth-order valence-electron chi connectivity index (χ4n) is 2.67. The molecule has 106 valence electrons. The van der Waals surface area contributed by atoms with Crippen molar-refractivity contribution in [1.82, 2.24) is 24.7 Å². The van der Waals surface area contributed by atoms with E-state index in [4.69, 9.17) is 0 Å². The first-order valence-electron chi connectivity index (χ1n) is 6.59. The van der Waals surface area contributed by atoms with Crippen molar-refractivity contribution in [2.75, 3.05) is 21.1 Å². The van der Waals surface area contributed by atoms with Crippen molar-refractivity contribution in [1.29, 1.82) is 0 Å². The first-order chi connectivity index (χ1) is 9.54. The second-order valence-corrected chi connectivity index (χ2v) is 5.15. The zero-order valence-electron chi connectivity index (χ0n) is 12.1. The van der Waals surface area contributed by atoms with Crippen LogP contribution in [-0.2, 0) is 6.42 Å². The molecule has 0 saturated carbocycles. The number of aryl methyl sites for hydroxylation is 1. The van der Waals surface area contributed by atoms with Gasteiger partial charge >= 0.3 is 0 Å². The molecule has 1 N–H and O–H groups in total. The van der Waals surface area contributed by atoms with E-state index in [9.17, 15) is 4.79 Å². The van der Waals surface area contributed by atoms with Crippen LogP contribution in [0.25, 0.3) is 0 Å². The third kappa shape index (κ3) is 1.62. The molecule has 1 unspecified atom stereocenters. The van der Waals surface area contributed by atoms with E-state index in [1.165, 1.54) is 0 Å². The number of nitrogens with one attached hydrogen (secondary N) is 1. The molecule has 2 aliphatic heterocycles. The summed E-state index contributed by atoms with van der Waals surface area (Å²) in [6, 6.07) is 0. The summed E-state index contributed by atoms with van der Waals surface area (Å²) in [5.74, 6) is 1.54. The van der Waals surface area contributed by atoms with Gasteiger partial charge in [0.05, 0.1) is 12.5 Å². The molecule has 0 bridgehead atoms. The van der Waals surface area contributed by atoms with Gasteiger partial charge in [-0.3, -0.25) is 9.36 Å². The van der Waals surface area contributed by atoms with Gasteiger partial charge in [-0.15, -0.1) is 0 Å². The van der Waals surface area contributed by atoms with E-state index in [-0.39, 0.29) is 12.1 Å². The van der Waals surface area contributed by atoms with E-state index in [2.05, 4.69) is 15.3 Å². The third-order valence-corrected chi connectivity index (χ3v) is 3.59. The second kappa shape index (κ2) is 4.36. The maximum absolute atomic E-state index is 12.2. The Morgan fingerprint density at radius 3 is 2.85 bits per heavy atom. The second-order valence-electron chi connectivity index (χ2n) is 5.15. The van der Waals surface area contributed by atoms with Crippen molar-refractivity contribution in [2.24, 2.45) is 4.99 Å². The largest absolute Gasteiger partial charge is 0.361 e. The highest BCUT2D eigenvalue weighted by Gasteiger charge is 2.37. The van der Waals surface area contributed by atoms with Crippen LogP contribution in [0.2, 0.25) is 0 Å². The molecular formula is C13H18N6O. The number of fused-ring (bicyclic) bond motifs is 3. The van der Waals surface area contributed by atoms with Gasteiger partial charge in [-0.2, -0.15) is 0 Å². The Bertz CT molecular complexity index is 627. The highest BCUT2D eigenvalue weighted by Crippen LogP contribution is 2.32. The van der Waals surface area contributed by atoms with Crippen molar-refractivity contribution in [3.63, 3.8) is 0 Å². The van der Waals surface area contributed by atoms with Gasteiger partial charge in [0.2, 0.25) is 0 Å².